The molecule has 0 aliphatic heterocycles. The Balaban J connectivity index is 1.72. The molecule has 1 atom stereocenters. The first-order valence-electron chi connectivity index (χ1n) is 10.3. The second-order valence-electron chi connectivity index (χ2n) is 7.43. The molecular formula is C23H26N2O6S. The molecule has 0 spiro atoms. The summed E-state index contributed by atoms with van der Waals surface area (Å²) in [7, 11) is -3.32. The first-order chi connectivity index (χ1) is 15.2. The minimum atomic E-state index is -3.32. The van der Waals surface area contributed by atoms with Crippen molar-refractivity contribution in [2.45, 2.75) is 43.9 Å². The number of ketones is 1. The van der Waals surface area contributed by atoms with E-state index >= 15 is 0 Å². The number of hydrogen-bond acceptors (Lipinski definition) is 8. The summed E-state index contributed by atoms with van der Waals surface area (Å²) >= 11 is 0. The lowest BCUT2D eigenvalue weighted by Gasteiger charge is -2.24. The molecule has 0 amide bonds. The summed E-state index contributed by atoms with van der Waals surface area (Å²) in [6, 6.07) is 10.1. The molecule has 0 fully saturated rings. The maximum absolute atomic E-state index is 12.7. The number of aliphatic hydroxyl groups excluding tert-OH is 1. The van der Waals surface area contributed by atoms with Crippen LogP contribution in [0.3, 0.4) is 0 Å². The molecule has 9 heteroatoms. The summed E-state index contributed by atoms with van der Waals surface area (Å²) < 4.78 is 28.7. The summed E-state index contributed by atoms with van der Waals surface area (Å²) in [5, 5.41) is 14.5. The fourth-order valence-electron chi connectivity index (χ4n) is 3.46. The zero-order valence-electron chi connectivity index (χ0n) is 18.2. The van der Waals surface area contributed by atoms with E-state index in [-0.39, 0.29) is 40.2 Å². The van der Waals surface area contributed by atoms with Gasteiger partial charge in [0, 0.05) is 31.4 Å². The molecule has 0 saturated carbocycles. The van der Waals surface area contributed by atoms with Crippen LogP contribution in [-0.4, -0.2) is 42.9 Å². The van der Waals surface area contributed by atoms with Gasteiger partial charge in [-0.05, 0) is 43.0 Å². The van der Waals surface area contributed by atoms with Crippen molar-refractivity contribution in [3.63, 3.8) is 0 Å². The maximum atomic E-state index is 12.7. The summed E-state index contributed by atoms with van der Waals surface area (Å²) in [5.41, 5.74) is 1.63. The first-order valence-corrected chi connectivity index (χ1v) is 12.2. The number of hydrogen-bond donors (Lipinski definition) is 1. The molecule has 1 aromatic carbocycles. The molecule has 2 aromatic rings. The summed E-state index contributed by atoms with van der Waals surface area (Å²) in [6.07, 6.45) is 3.45. The van der Waals surface area contributed by atoms with E-state index in [0.29, 0.717) is 30.9 Å². The van der Waals surface area contributed by atoms with Crippen molar-refractivity contribution in [1.29, 1.82) is 0 Å². The first kappa shape index (κ1) is 23.5. The Hall–Kier alpha value is -3.20. The van der Waals surface area contributed by atoms with Gasteiger partial charge in [-0.3, -0.25) is 4.79 Å². The van der Waals surface area contributed by atoms with Crippen LogP contribution in [0.5, 0.6) is 11.6 Å². The lowest BCUT2D eigenvalue weighted by Crippen LogP contribution is -2.23. The highest BCUT2D eigenvalue weighted by Crippen LogP contribution is 2.35. The van der Waals surface area contributed by atoms with E-state index in [1.807, 2.05) is 19.1 Å². The summed E-state index contributed by atoms with van der Waals surface area (Å²) in [5.74, 6) is 0.506. The molecule has 1 aromatic heterocycles. The lowest BCUT2D eigenvalue weighted by atomic mass is 9.81. The number of carbonyl (C=O) groups is 1. The fourth-order valence-corrected chi connectivity index (χ4v) is 4.02. The Morgan fingerprint density at radius 1 is 1.16 bits per heavy atom. The van der Waals surface area contributed by atoms with E-state index in [9.17, 15) is 18.3 Å². The van der Waals surface area contributed by atoms with Crippen LogP contribution >= 0.6 is 0 Å². The fraction of sp³-hybridized carbons (Fsp3) is 0.348. The SMILES string of the molecule is CCON=C(CC)C1=C(O)CC(c2ccc(Oc3ccc(S(C)(=O)=O)cn3)cc2)CC1=O. The van der Waals surface area contributed by atoms with Crippen LogP contribution in [0.15, 0.2) is 64.0 Å². The molecule has 1 unspecified atom stereocenters. The third-order valence-electron chi connectivity index (χ3n) is 5.08. The highest BCUT2D eigenvalue weighted by Gasteiger charge is 2.31. The smallest absolute Gasteiger partial charge is 0.219 e. The number of allylic oxidation sites excluding steroid dienone is 2. The normalized spacial score (nSPS) is 17.4. The van der Waals surface area contributed by atoms with Crippen molar-refractivity contribution in [3.8, 4) is 11.6 Å². The Morgan fingerprint density at radius 2 is 1.88 bits per heavy atom. The van der Waals surface area contributed by atoms with E-state index in [1.54, 1.807) is 19.1 Å². The maximum Gasteiger partial charge on any atom is 0.219 e. The van der Waals surface area contributed by atoms with E-state index < -0.39 is 9.84 Å². The molecule has 1 N–H and O–H groups in total. The molecule has 0 bridgehead atoms. The van der Waals surface area contributed by atoms with Crippen molar-refractivity contribution in [2.24, 2.45) is 5.16 Å². The second kappa shape index (κ2) is 9.95. The van der Waals surface area contributed by atoms with Crippen LogP contribution in [0.25, 0.3) is 0 Å². The predicted octanol–water partition coefficient (Wildman–Crippen LogP) is 4.34. The Labute approximate surface area is 187 Å². The number of aliphatic hydroxyl groups is 1. The van der Waals surface area contributed by atoms with Crippen molar-refractivity contribution in [1.82, 2.24) is 4.98 Å². The van der Waals surface area contributed by atoms with Crippen molar-refractivity contribution in [2.75, 3.05) is 12.9 Å². The van der Waals surface area contributed by atoms with Crippen LogP contribution in [0.2, 0.25) is 0 Å². The van der Waals surface area contributed by atoms with E-state index in [0.717, 1.165) is 11.8 Å². The van der Waals surface area contributed by atoms with Crippen LogP contribution in [-0.2, 0) is 19.5 Å². The quantitative estimate of drug-likeness (QED) is 0.462. The van der Waals surface area contributed by atoms with Gasteiger partial charge in [0.15, 0.2) is 15.6 Å². The molecule has 0 saturated heterocycles. The summed E-state index contributed by atoms with van der Waals surface area (Å²) in [4.78, 5) is 21.9. The van der Waals surface area contributed by atoms with Gasteiger partial charge in [-0.2, -0.15) is 0 Å². The zero-order valence-corrected chi connectivity index (χ0v) is 19.1. The van der Waals surface area contributed by atoms with Gasteiger partial charge in [0.05, 0.1) is 16.2 Å². The highest BCUT2D eigenvalue weighted by atomic mass is 32.2. The van der Waals surface area contributed by atoms with Crippen LogP contribution < -0.4 is 4.74 Å². The Bertz CT molecular complexity index is 1140. The molecule has 1 aliphatic carbocycles. The van der Waals surface area contributed by atoms with Gasteiger partial charge >= 0.3 is 0 Å². The molecule has 170 valence electrons. The van der Waals surface area contributed by atoms with Crippen molar-refractivity contribution >= 4 is 21.3 Å². The van der Waals surface area contributed by atoms with E-state index in [4.69, 9.17) is 9.57 Å². The van der Waals surface area contributed by atoms with Gasteiger partial charge in [0.25, 0.3) is 0 Å². The van der Waals surface area contributed by atoms with Crippen LogP contribution in [0.1, 0.15) is 44.6 Å². The number of ether oxygens (including phenoxy) is 1. The monoisotopic (exact) mass is 458 g/mol. The number of sulfone groups is 1. The van der Waals surface area contributed by atoms with Crippen LogP contribution in [0.4, 0.5) is 0 Å². The van der Waals surface area contributed by atoms with Crippen molar-refractivity contribution in [3.05, 3.63) is 59.5 Å². The number of oxime groups is 1. The van der Waals surface area contributed by atoms with Gasteiger partial charge in [-0.1, -0.05) is 24.2 Å². The summed E-state index contributed by atoms with van der Waals surface area (Å²) in [6.45, 7) is 4.05. The highest BCUT2D eigenvalue weighted by molar-refractivity contribution is 7.90. The van der Waals surface area contributed by atoms with Gasteiger partial charge in [0.1, 0.15) is 18.1 Å². The molecule has 8 nitrogen and oxygen atoms in total. The molecule has 1 aliphatic rings. The second-order valence-corrected chi connectivity index (χ2v) is 9.45. The third-order valence-corrected chi connectivity index (χ3v) is 6.18. The van der Waals surface area contributed by atoms with Gasteiger partial charge in [0.2, 0.25) is 5.88 Å². The minimum absolute atomic E-state index is 0.0297. The lowest BCUT2D eigenvalue weighted by molar-refractivity contribution is -0.116. The molecule has 1 heterocycles. The number of pyridine rings is 1. The van der Waals surface area contributed by atoms with Gasteiger partial charge in [-0.25, -0.2) is 13.4 Å². The van der Waals surface area contributed by atoms with Gasteiger partial charge in [-0.15, -0.1) is 0 Å². The van der Waals surface area contributed by atoms with Crippen LogP contribution in [0, 0.1) is 0 Å². The molecule has 32 heavy (non-hydrogen) atoms. The Morgan fingerprint density at radius 3 is 2.41 bits per heavy atom. The number of carbonyl (C=O) groups excluding carboxylic acids is 1. The molecule has 0 radical (unpaired) electrons. The van der Waals surface area contributed by atoms with Crippen molar-refractivity contribution < 1.29 is 27.9 Å². The largest absolute Gasteiger partial charge is 0.511 e. The van der Waals surface area contributed by atoms with E-state index in [2.05, 4.69) is 10.1 Å². The topological polar surface area (TPSA) is 115 Å². The molecule has 3 rings (SSSR count). The minimum Gasteiger partial charge on any atom is -0.511 e. The third kappa shape index (κ3) is 5.53. The number of aromatic nitrogens is 1. The standard InChI is InChI=1S/C23H26N2O6S/c1-4-19(25-30-5-2)23-20(26)12-16(13-21(23)27)15-6-8-17(9-7-15)31-22-11-10-18(14-24-22)32(3,28)29/h6-11,14,16,26H,4-5,12-13H2,1-3H3. The number of Topliss-reactive ketones (excluding diaryl/α,β-unsaturated/α-hetero) is 1. The zero-order chi connectivity index (χ0) is 23.3. The number of nitrogens with zero attached hydrogens (tertiary/aromatic N) is 2. The number of rotatable bonds is 8. The van der Waals surface area contributed by atoms with E-state index in [1.165, 1.54) is 18.3 Å². The Kier molecular flexibility index (Phi) is 7.29. The average Bonchev–Trinajstić information content (AvgIpc) is 2.75. The van der Waals surface area contributed by atoms with Gasteiger partial charge < -0.3 is 14.7 Å². The average molecular weight is 459 g/mol. The number of benzene rings is 1. The molecular weight excluding hydrogens is 432 g/mol. The predicted molar refractivity (Wildman–Crippen MR) is 120 cm³/mol.